The zero-order valence-corrected chi connectivity index (χ0v) is 23.8. The molecule has 3 N–H and O–H groups in total. The van der Waals surface area contributed by atoms with Crippen LogP contribution in [0.1, 0.15) is 60.6 Å². The van der Waals surface area contributed by atoms with Crippen molar-refractivity contribution in [2.45, 2.75) is 56.8 Å². The van der Waals surface area contributed by atoms with Gasteiger partial charge in [-0.15, -0.1) is 0 Å². The Hall–Kier alpha value is -3.05. The van der Waals surface area contributed by atoms with Crippen LogP contribution >= 0.6 is 0 Å². The van der Waals surface area contributed by atoms with E-state index in [-0.39, 0.29) is 31.2 Å². The topological polar surface area (TPSA) is 118 Å². The van der Waals surface area contributed by atoms with E-state index in [0.717, 1.165) is 0 Å². The number of hydrogen-bond acceptors (Lipinski definition) is 8. The maximum Gasteiger partial charge on any atom is 0.220 e. The zero-order valence-electron chi connectivity index (χ0n) is 23.8. The fourth-order valence-electron chi connectivity index (χ4n) is 4.67. The lowest BCUT2D eigenvalue weighted by Gasteiger charge is -2.29. The second-order valence-corrected chi connectivity index (χ2v) is 10.3. The van der Waals surface area contributed by atoms with Crippen molar-refractivity contribution in [3.8, 4) is 11.5 Å². The summed E-state index contributed by atoms with van der Waals surface area (Å²) in [5.74, 6) is 0.969. The maximum absolute atomic E-state index is 12.9. The van der Waals surface area contributed by atoms with Gasteiger partial charge in [0.2, 0.25) is 5.91 Å². The van der Waals surface area contributed by atoms with E-state index in [1.165, 1.54) is 0 Å². The smallest absolute Gasteiger partial charge is 0.220 e. The molecule has 0 unspecified atom stereocenters. The molecule has 1 fully saturated rings. The summed E-state index contributed by atoms with van der Waals surface area (Å²) in [6.07, 6.45) is 1.05. The van der Waals surface area contributed by atoms with Crippen molar-refractivity contribution in [1.82, 2.24) is 10.2 Å². The molecule has 2 aromatic rings. The Balaban J connectivity index is 1.51. The second kappa shape index (κ2) is 17.7. The molecule has 2 aromatic carbocycles. The van der Waals surface area contributed by atoms with Crippen molar-refractivity contribution in [1.29, 1.82) is 0 Å². The Morgan fingerprint density at radius 2 is 1.66 bits per heavy atom. The number of benzene rings is 2. The van der Waals surface area contributed by atoms with E-state index in [0.29, 0.717) is 87.8 Å². The molecule has 0 saturated carbocycles. The minimum Gasteiger partial charge on any atom is -0.494 e. The Morgan fingerprint density at radius 1 is 0.976 bits per heavy atom. The number of nitrogens with zero attached hydrogens (tertiary/aromatic N) is 1. The average Bonchev–Trinajstić information content (AvgIpc) is 3.39. The SMILES string of the molecule is COCCOc1ccc(C(=O)CCCC(=O)N[C@H](CN2CC[C@H](O)C2)[C@H](O)c2ccc(OCCCCF)cc2)cc1. The summed E-state index contributed by atoms with van der Waals surface area (Å²) in [5, 5.41) is 24.1. The van der Waals surface area contributed by atoms with Crippen LogP contribution in [0.4, 0.5) is 4.39 Å². The van der Waals surface area contributed by atoms with Gasteiger partial charge < -0.3 is 29.7 Å². The first-order chi connectivity index (χ1) is 19.9. The molecule has 0 aromatic heterocycles. The fourth-order valence-corrected chi connectivity index (χ4v) is 4.67. The van der Waals surface area contributed by atoms with Crippen molar-refractivity contribution in [3.05, 3.63) is 59.7 Å². The number of rotatable bonds is 19. The van der Waals surface area contributed by atoms with E-state index < -0.39 is 18.2 Å². The van der Waals surface area contributed by atoms with Crippen LogP contribution in [0.5, 0.6) is 11.5 Å². The third kappa shape index (κ3) is 11.4. The molecule has 9 nitrogen and oxygen atoms in total. The highest BCUT2D eigenvalue weighted by Crippen LogP contribution is 2.23. The Kier molecular flexibility index (Phi) is 14.0. The number of likely N-dealkylation sites (tertiary alicyclic amines) is 1. The number of hydrogen-bond donors (Lipinski definition) is 3. The molecular weight excluding hydrogens is 531 g/mol. The summed E-state index contributed by atoms with van der Waals surface area (Å²) >= 11 is 0. The normalized spacial score (nSPS) is 16.7. The number of nitrogens with one attached hydrogen (secondary N) is 1. The monoisotopic (exact) mass is 574 g/mol. The van der Waals surface area contributed by atoms with Crippen LogP contribution in [0.25, 0.3) is 0 Å². The third-order valence-corrected chi connectivity index (χ3v) is 6.99. The highest BCUT2D eigenvalue weighted by Gasteiger charge is 2.29. The van der Waals surface area contributed by atoms with Gasteiger partial charge >= 0.3 is 0 Å². The molecule has 10 heteroatoms. The highest BCUT2D eigenvalue weighted by molar-refractivity contribution is 5.96. The first kappa shape index (κ1) is 32.5. The molecule has 1 aliphatic heterocycles. The van der Waals surface area contributed by atoms with Crippen LogP contribution in [-0.2, 0) is 9.53 Å². The zero-order chi connectivity index (χ0) is 29.5. The van der Waals surface area contributed by atoms with Crippen molar-refractivity contribution in [2.75, 3.05) is 53.2 Å². The molecule has 226 valence electrons. The van der Waals surface area contributed by atoms with Crippen LogP contribution < -0.4 is 14.8 Å². The van der Waals surface area contributed by atoms with E-state index >= 15 is 0 Å². The molecule has 1 aliphatic rings. The number of halogens is 1. The molecule has 41 heavy (non-hydrogen) atoms. The number of carbonyl (C=O) groups excluding carboxylic acids is 2. The van der Waals surface area contributed by atoms with Crippen LogP contribution in [0.3, 0.4) is 0 Å². The number of aliphatic hydroxyl groups is 2. The van der Waals surface area contributed by atoms with Gasteiger partial charge in [-0.1, -0.05) is 12.1 Å². The lowest BCUT2D eigenvalue weighted by molar-refractivity contribution is -0.123. The van der Waals surface area contributed by atoms with E-state index in [2.05, 4.69) is 5.32 Å². The second-order valence-electron chi connectivity index (χ2n) is 10.3. The van der Waals surface area contributed by atoms with Crippen LogP contribution in [0.15, 0.2) is 48.5 Å². The summed E-state index contributed by atoms with van der Waals surface area (Å²) in [4.78, 5) is 27.5. The van der Waals surface area contributed by atoms with Crippen molar-refractivity contribution < 1.29 is 38.4 Å². The summed E-state index contributed by atoms with van der Waals surface area (Å²) in [6, 6.07) is 13.3. The predicted molar refractivity (Wildman–Crippen MR) is 153 cm³/mol. The molecule has 0 spiro atoms. The number of aliphatic hydroxyl groups excluding tert-OH is 2. The number of unbranched alkanes of at least 4 members (excludes halogenated alkanes) is 1. The molecule has 1 saturated heterocycles. The molecule has 0 aliphatic carbocycles. The van der Waals surface area contributed by atoms with Gasteiger partial charge in [-0.3, -0.25) is 18.9 Å². The number of alkyl halides is 1. The standard InChI is InChI=1S/C31H43FN2O7/c1-39-19-20-41-27-11-7-23(8-12-27)29(36)5-4-6-30(37)33-28(22-34-17-15-25(35)21-34)31(38)24-9-13-26(14-10-24)40-18-3-2-16-32/h7-14,25,28,31,35,38H,2-6,15-22H2,1H3,(H,33,37)/t25-,28+,31+/m0/s1. The van der Waals surface area contributed by atoms with E-state index in [1.54, 1.807) is 55.6 Å². The average molecular weight is 575 g/mol. The lowest BCUT2D eigenvalue weighted by Crippen LogP contribution is -2.47. The van der Waals surface area contributed by atoms with Crippen molar-refractivity contribution in [2.24, 2.45) is 0 Å². The summed E-state index contributed by atoms with van der Waals surface area (Å²) in [6.45, 7) is 2.49. The largest absolute Gasteiger partial charge is 0.494 e. The van der Waals surface area contributed by atoms with E-state index in [1.807, 2.05) is 4.90 Å². The summed E-state index contributed by atoms with van der Waals surface area (Å²) in [5.41, 5.74) is 1.18. The number of β-amino-alcohol motifs (C(OH)–C–C–N with tert-alkyl or cyclic N) is 1. The fraction of sp³-hybridized carbons (Fsp3) is 0.548. The number of ketones is 1. The van der Waals surface area contributed by atoms with Gasteiger partial charge in [-0.2, -0.15) is 0 Å². The number of carbonyl (C=O) groups is 2. The van der Waals surface area contributed by atoms with E-state index in [9.17, 15) is 24.2 Å². The van der Waals surface area contributed by atoms with Gasteiger partial charge in [0.1, 0.15) is 24.2 Å². The molecule has 0 bridgehead atoms. The molecule has 1 heterocycles. The predicted octanol–water partition coefficient (Wildman–Crippen LogP) is 3.48. The summed E-state index contributed by atoms with van der Waals surface area (Å²) in [7, 11) is 1.60. The van der Waals surface area contributed by atoms with Gasteiger partial charge in [0.05, 0.1) is 32.0 Å². The molecule has 3 rings (SSSR count). The molecule has 3 atom stereocenters. The third-order valence-electron chi connectivity index (χ3n) is 6.99. The Labute approximate surface area is 241 Å². The van der Waals surface area contributed by atoms with E-state index in [4.69, 9.17) is 14.2 Å². The summed E-state index contributed by atoms with van der Waals surface area (Å²) < 4.78 is 28.4. The number of methoxy groups -OCH3 is 1. The van der Waals surface area contributed by atoms with Crippen molar-refractivity contribution >= 4 is 11.7 Å². The van der Waals surface area contributed by atoms with Gasteiger partial charge in [0.15, 0.2) is 5.78 Å². The first-order valence-electron chi connectivity index (χ1n) is 14.3. The minimum atomic E-state index is -0.983. The van der Waals surface area contributed by atoms with Gasteiger partial charge in [0.25, 0.3) is 0 Å². The Bertz CT molecular complexity index is 1050. The number of Topliss-reactive ketones (excluding diaryl/α,β-unsaturated/α-hetero) is 1. The molecule has 0 radical (unpaired) electrons. The maximum atomic E-state index is 12.9. The van der Waals surface area contributed by atoms with Crippen LogP contribution in [0, 0.1) is 0 Å². The molecule has 1 amide bonds. The van der Waals surface area contributed by atoms with Crippen molar-refractivity contribution in [3.63, 3.8) is 0 Å². The van der Waals surface area contributed by atoms with Crippen LogP contribution in [-0.4, -0.2) is 92.2 Å². The highest BCUT2D eigenvalue weighted by atomic mass is 19.1. The number of ether oxygens (including phenoxy) is 3. The molecular formula is C31H43FN2O7. The quantitative estimate of drug-likeness (QED) is 0.173. The number of amides is 1. The minimum absolute atomic E-state index is 0.0594. The van der Waals surface area contributed by atoms with Gasteiger partial charge in [-0.25, -0.2) is 0 Å². The Morgan fingerprint density at radius 3 is 2.29 bits per heavy atom. The van der Waals surface area contributed by atoms with Gasteiger partial charge in [-0.05, 0) is 67.6 Å². The first-order valence-corrected chi connectivity index (χ1v) is 14.3. The van der Waals surface area contributed by atoms with Gasteiger partial charge in [0, 0.05) is 45.1 Å². The lowest BCUT2D eigenvalue weighted by atomic mass is 10.0. The van der Waals surface area contributed by atoms with Crippen LogP contribution in [0.2, 0.25) is 0 Å².